The van der Waals surface area contributed by atoms with Crippen molar-refractivity contribution >= 4 is 20.7 Å². The molecular weight excluding hydrogens is 284 g/mol. The molecule has 0 fully saturated rings. The molecule has 0 radical (unpaired) electrons. The lowest BCUT2D eigenvalue weighted by Crippen LogP contribution is -2.22. The van der Waals surface area contributed by atoms with Crippen molar-refractivity contribution in [3.63, 3.8) is 0 Å². The molecule has 0 bridgehead atoms. The summed E-state index contributed by atoms with van der Waals surface area (Å²) in [6.45, 7) is 2.91. The fraction of sp³-hybridized carbons (Fsp3) is 0.438. The Labute approximate surface area is 126 Å². The van der Waals surface area contributed by atoms with Crippen molar-refractivity contribution in [1.29, 1.82) is 0 Å². The number of nitrogens with one attached hydrogen (secondary N) is 1. The van der Waals surface area contributed by atoms with Crippen LogP contribution in [0.2, 0.25) is 0 Å². The molecule has 2 aromatic rings. The second-order valence-corrected chi connectivity index (χ2v) is 7.56. The average molecular weight is 306 g/mol. The highest BCUT2D eigenvalue weighted by molar-refractivity contribution is 7.90. The van der Waals surface area contributed by atoms with E-state index >= 15 is 0 Å². The molecule has 5 heteroatoms. The molecule has 0 saturated carbocycles. The Morgan fingerprint density at radius 2 is 2.05 bits per heavy atom. The Balaban J connectivity index is 2.23. The molecule has 114 valence electrons. The molecule has 0 aliphatic heterocycles. The molecule has 1 heterocycles. The van der Waals surface area contributed by atoms with Crippen LogP contribution < -0.4 is 5.32 Å². The minimum absolute atomic E-state index is 0.157. The fourth-order valence-electron chi connectivity index (χ4n) is 2.59. The number of pyridine rings is 1. The lowest BCUT2D eigenvalue weighted by atomic mass is 9.98. The summed E-state index contributed by atoms with van der Waals surface area (Å²) < 4.78 is 22.6. The Bertz CT molecular complexity index is 693. The number of benzene rings is 1. The van der Waals surface area contributed by atoms with Gasteiger partial charge in [-0.15, -0.1) is 0 Å². The molecule has 0 aliphatic carbocycles. The van der Waals surface area contributed by atoms with Crippen molar-refractivity contribution in [3.8, 4) is 0 Å². The molecular formula is C16H22N2O2S. The van der Waals surface area contributed by atoms with Gasteiger partial charge in [0, 0.05) is 29.6 Å². The van der Waals surface area contributed by atoms with Gasteiger partial charge >= 0.3 is 0 Å². The van der Waals surface area contributed by atoms with Crippen LogP contribution in [0.15, 0.2) is 36.5 Å². The number of sulfone groups is 1. The van der Waals surface area contributed by atoms with E-state index in [0.717, 1.165) is 23.9 Å². The summed E-state index contributed by atoms with van der Waals surface area (Å²) in [6.07, 6.45) is 4.54. The molecule has 4 nitrogen and oxygen atoms in total. The summed E-state index contributed by atoms with van der Waals surface area (Å²) in [5.41, 5.74) is 2.16. The number of nitrogens with zero attached hydrogens (tertiary/aromatic N) is 1. The van der Waals surface area contributed by atoms with Gasteiger partial charge in [0.25, 0.3) is 0 Å². The van der Waals surface area contributed by atoms with E-state index in [4.69, 9.17) is 0 Å². The van der Waals surface area contributed by atoms with Crippen LogP contribution in [0.5, 0.6) is 0 Å². The third-order valence-electron chi connectivity index (χ3n) is 3.51. The number of hydrogen-bond donors (Lipinski definition) is 1. The summed E-state index contributed by atoms with van der Waals surface area (Å²) in [6, 6.07) is 10.3. The Morgan fingerprint density at radius 1 is 1.24 bits per heavy atom. The largest absolute Gasteiger partial charge is 0.310 e. The zero-order valence-corrected chi connectivity index (χ0v) is 13.4. The first-order valence-electron chi connectivity index (χ1n) is 7.26. The molecule has 1 N–H and O–H groups in total. The van der Waals surface area contributed by atoms with Gasteiger partial charge in [-0.05, 0) is 37.1 Å². The normalized spacial score (nSPS) is 13.4. The molecule has 2 rings (SSSR count). The van der Waals surface area contributed by atoms with Gasteiger partial charge in [-0.25, -0.2) is 8.42 Å². The average Bonchev–Trinajstić information content (AvgIpc) is 2.44. The molecule has 21 heavy (non-hydrogen) atoms. The van der Waals surface area contributed by atoms with Crippen LogP contribution >= 0.6 is 0 Å². The molecule has 1 unspecified atom stereocenters. The molecule has 1 atom stereocenters. The van der Waals surface area contributed by atoms with Gasteiger partial charge in [0.05, 0.1) is 5.52 Å². The maximum absolute atomic E-state index is 11.3. The maximum Gasteiger partial charge on any atom is 0.147 e. The Kier molecular flexibility index (Phi) is 5.31. The highest BCUT2D eigenvalue weighted by Gasteiger charge is 2.14. The van der Waals surface area contributed by atoms with Crippen molar-refractivity contribution < 1.29 is 8.42 Å². The predicted molar refractivity (Wildman–Crippen MR) is 87.1 cm³/mol. The summed E-state index contributed by atoms with van der Waals surface area (Å²) in [5.74, 6) is 0.234. The van der Waals surface area contributed by atoms with Gasteiger partial charge in [0.1, 0.15) is 9.84 Å². The van der Waals surface area contributed by atoms with E-state index in [-0.39, 0.29) is 11.8 Å². The quantitative estimate of drug-likeness (QED) is 0.854. The highest BCUT2D eigenvalue weighted by Crippen LogP contribution is 2.26. The highest BCUT2D eigenvalue weighted by atomic mass is 32.2. The second kappa shape index (κ2) is 7.00. The van der Waals surface area contributed by atoms with Crippen LogP contribution in [-0.2, 0) is 9.84 Å². The maximum atomic E-state index is 11.3. The summed E-state index contributed by atoms with van der Waals surface area (Å²) in [4.78, 5) is 4.38. The van der Waals surface area contributed by atoms with Gasteiger partial charge in [0.2, 0.25) is 0 Å². The topological polar surface area (TPSA) is 59.1 Å². The molecule has 0 saturated heterocycles. The van der Waals surface area contributed by atoms with E-state index < -0.39 is 9.84 Å². The molecule has 1 aromatic carbocycles. The predicted octanol–water partition coefficient (Wildman–Crippen LogP) is 2.71. The smallest absolute Gasteiger partial charge is 0.147 e. The van der Waals surface area contributed by atoms with Crippen molar-refractivity contribution in [2.75, 3.05) is 18.6 Å². The lowest BCUT2D eigenvalue weighted by molar-refractivity contribution is 0.510. The standard InChI is InChI=1S/C16H22N2O2S/c1-3-17-15(10-6-12-21(2,19)20)13-7-4-9-16-14(13)8-5-11-18-16/h4-5,7-9,11,15,17H,3,6,10,12H2,1-2H3. The van der Waals surface area contributed by atoms with Gasteiger partial charge in [-0.1, -0.05) is 25.1 Å². The summed E-state index contributed by atoms with van der Waals surface area (Å²) in [5, 5.41) is 4.58. The molecule has 0 aliphatic rings. The number of hydrogen-bond acceptors (Lipinski definition) is 4. The Morgan fingerprint density at radius 3 is 2.76 bits per heavy atom. The molecule has 0 spiro atoms. The number of aromatic nitrogens is 1. The minimum atomic E-state index is -2.90. The zero-order chi connectivity index (χ0) is 15.3. The summed E-state index contributed by atoms with van der Waals surface area (Å²) >= 11 is 0. The van der Waals surface area contributed by atoms with Crippen LogP contribution in [0.3, 0.4) is 0 Å². The number of rotatable bonds is 7. The second-order valence-electron chi connectivity index (χ2n) is 5.30. The summed E-state index contributed by atoms with van der Waals surface area (Å²) in [7, 11) is -2.90. The third-order valence-corrected chi connectivity index (χ3v) is 4.54. The van der Waals surface area contributed by atoms with Gasteiger partial charge < -0.3 is 5.32 Å². The third kappa shape index (κ3) is 4.51. The van der Waals surface area contributed by atoms with Crippen LogP contribution in [0.1, 0.15) is 31.4 Å². The number of fused-ring (bicyclic) bond motifs is 1. The van der Waals surface area contributed by atoms with E-state index in [0.29, 0.717) is 6.42 Å². The van der Waals surface area contributed by atoms with Gasteiger partial charge in [0.15, 0.2) is 0 Å². The van der Waals surface area contributed by atoms with E-state index in [1.54, 1.807) is 6.20 Å². The van der Waals surface area contributed by atoms with E-state index in [9.17, 15) is 8.42 Å². The van der Waals surface area contributed by atoms with Crippen molar-refractivity contribution in [1.82, 2.24) is 10.3 Å². The van der Waals surface area contributed by atoms with Crippen LogP contribution in [0.25, 0.3) is 10.9 Å². The van der Waals surface area contributed by atoms with Gasteiger partial charge in [-0.3, -0.25) is 4.98 Å². The van der Waals surface area contributed by atoms with Crippen molar-refractivity contribution in [3.05, 3.63) is 42.1 Å². The monoisotopic (exact) mass is 306 g/mol. The van der Waals surface area contributed by atoms with Gasteiger partial charge in [-0.2, -0.15) is 0 Å². The molecule has 0 amide bonds. The molecule has 1 aromatic heterocycles. The Hall–Kier alpha value is -1.46. The van der Waals surface area contributed by atoms with E-state index in [1.807, 2.05) is 18.2 Å². The van der Waals surface area contributed by atoms with Crippen molar-refractivity contribution in [2.45, 2.75) is 25.8 Å². The first-order valence-corrected chi connectivity index (χ1v) is 9.32. The fourth-order valence-corrected chi connectivity index (χ4v) is 3.29. The minimum Gasteiger partial charge on any atom is -0.310 e. The van der Waals surface area contributed by atoms with Crippen LogP contribution in [0.4, 0.5) is 0 Å². The van der Waals surface area contributed by atoms with Crippen LogP contribution in [-0.4, -0.2) is 32.0 Å². The van der Waals surface area contributed by atoms with Crippen LogP contribution in [0, 0.1) is 0 Å². The first-order chi connectivity index (χ1) is 10.0. The lowest BCUT2D eigenvalue weighted by Gasteiger charge is -2.20. The van der Waals surface area contributed by atoms with Crippen molar-refractivity contribution in [2.24, 2.45) is 0 Å². The SMILES string of the molecule is CCNC(CCCS(C)(=O)=O)c1cccc2ncccc12. The zero-order valence-electron chi connectivity index (χ0n) is 12.5. The van der Waals surface area contributed by atoms with E-state index in [2.05, 4.69) is 29.4 Å². The first kappa shape index (κ1) is 15.9. The van der Waals surface area contributed by atoms with E-state index in [1.165, 1.54) is 11.8 Å².